The Labute approximate surface area is 129 Å². The van der Waals surface area contributed by atoms with Crippen LogP contribution in [0.15, 0.2) is 17.0 Å². The summed E-state index contributed by atoms with van der Waals surface area (Å²) in [5.74, 6) is -0.791. The number of halogens is 2. The SMILES string of the molecule is CC1CN(S(=O)(=O)c2cc(N)cc(Cl)c2F)CC1N(C)C. The molecule has 1 saturated heterocycles. The van der Waals surface area contributed by atoms with Crippen LogP contribution in [0.25, 0.3) is 0 Å². The first-order valence-electron chi connectivity index (χ1n) is 6.55. The van der Waals surface area contributed by atoms with Gasteiger partial charge in [-0.25, -0.2) is 12.8 Å². The average molecular weight is 336 g/mol. The molecule has 1 fully saturated rings. The third kappa shape index (κ3) is 3.01. The number of nitrogens with zero attached hydrogens (tertiary/aromatic N) is 2. The number of anilines is 1. The summed E-state index contributed by atoms with van der Waals surface area (Å²) < 4.78 is 40.6. The number of nitrogen functional groups attached to an aromatic ring is 1. The van der Waals surface area contributed by atoms with Gasteiger partial charge in [0.05, 0.1) is 5.02 Å². The molecule has 8 heteroatoms. The lowest BCUT2D eigenvalue weighted by molar-refractivity contribution is 0.263. The van der Waals surface area contributed by atoms with Gasteiger partial charge in [0, 0.05) is 24.8 Å². The summed E-state index contributed by atoms with van der Waals surface area (Å²) in [6, 6.07) is 2.41. The van der Waals surface area contributed by atoms with Gasteiger partial charge in [-0.1, -0.05) is 18.5 Å². The molecule has 1 aromatic carbocycles. The van der Waals surface area contributed by atoms with E-state index in [4.69, 9.17) is 17.3 Å². The lowest BCUT2D eigenvalue weighted by atomic mass is 10.1. The van der Waals surface area contributed by atoms with Gasteiger partial charge in [0.2, 0.25) is 10.0 Å². The van der Waals surface area contributed by atoms with Crippen LogP contribution in [0.5, 0.6) is 0 Å². The van der Waals surface area contributed by atoms with Crippen molar-refractivity contribution in [1.82, 2.24) is 9.21 Å². The van der Waals surface area contributed by atoms with Crippen molar-refractivity contribution in [3.05, 3.63) is 23.0 Å². The Morgan fingerprint density at radius 1 is 1.38 bits per heavy atom. The molecule has 118 valence electrons. The molecular formula is C13H19ClFN3O2S. The Bertz CT molecular complexity index is 651. The Hall–Kier alpha value is -0.890. The lowest BCUT2D eigenvalue weighted by Crippen LogP contribution is -2.36. The first kappa shape index (κ1) is 16.5. The van der Waals surface area contributed by atoms with E-state index in [0.717, 1.165) is 6.07 Å². The van der Waals surface area contributed by atoms with E-state index in [1.807, 2.05) is 25.9 Å². The smallest absolute Gasteiger partial charge is 0.246 e. The summed E-state index contributed by atoms with van der Waals surface area (Å²) in [4.78, 5) is 1.52. The molecule has 21 heavy (non-hydrogen) atoms. The molecule has 0 aromatic heterocycles. The van der Waals surface area contributed by atoms with E-state index in [9.17, 15) is 12.8 Å². The molecule has 2 atom stereocenters. The van der Waals surface area contributed by atoms with Crippen molar-refractivity contribution < 1.29 is 12.8 Å². The van der Waals surface area contributed by atoms with E-state index in [1.54, 1.807) is 0 Å². The van der Waals surface area contributed by atoms with Crippen LogP contribution >= 0.6 is 11.6 Å². The Morgan fingerprint density at radius 3 is 2.52 bits per heavy atom. The van der Waals surface area contributed by atoms with Gasteiger partial charge in [0.1, 0.15) is 4.90 Å². The molecule has 0 spiro atoms. The van der Waals surface area contributed by atoms with Gasteiger partial charge >= 0.3 is 0 Å². The highest BCUT2D eigenvalue weighted by Crippen LogP contribution is 2.31. The highest BCUT2D eigenvalue weighted by Gasteiger charge is 2.39. The number of rotatable bonds is 3. The quantitative estimate of drug-likeness (QED) is 0.853. The molecule has 0 bridgehead atoms. The van der Waals surface area contributed by atoms with Crippen molar-refractivity contribution in [2.24, 2.45) is 5.92 Å². The van der Waals surface area contributed by atoms with Crippen LogP contribution in [0.1, 0.15) is 6.92 Å². The van der Waals surface area contributed by atoms with Crippen molar-refractivity contribution in [2.75, 3.05) is 32.9 Å². The van der Waals surface area contributed by atoms with Crippen LogP contribution in [-0.2, 0) is 10.0 Å². The minimum atomic E-state index is -3.95. The molecule has 1 aliphatic rings. The zero-order valence-corrected chi connectivity index (χ0v) is 13.7. The third-order valence-corrected chi connectivity index (χ3v) is 5.94. The molecule has 1 aliphatic heterocycles. The second-order valence-electron chi connectivity index (χ2n) is 5.65. The van der Waals surface area contributed by atoms with E-state index in [1.165, 1.54) is 10.4 Å². The predicted molar refractivity (Wildman–Crippen MR) is 81.2 cm³/mol. The number of likely N-dealkylation sites (N-methyl/N-ethyl adjacent to an activating group) is 1. The molecule has 2 unspecified atom stereocenters. The number of nitrogens with two attached hydrogens (primary N) is 1. The largest absolute Gasteiger partial charge is 0.399 e. The van der Waals surface area contributed by atoms with E-state index in [-0.39, 0.29) is 22.7 Å². The third-order valence-electron chi connectivity index (χ3n) is 3.84. The van der Waals surface area contributed by atoms with Gasteiger partial charge in [0.25, 0.3) is 0 Å². The highest BCUT2D eigenvalue weighted by molar-refractivity contribution is 7.89. The first-order chi connectivity index (χ1) is 9.64. The maximum atomic E-state index is 14.1. The number of benzene rings is 1. The van der Waals surface area contributed by atoms with Crippen molar-refractivity contribution in [3.8, 4) is 0 Å². The van der Waals surface area contributed by atoms with Crippen molar-refractivity contribution in [2.45, 2.75) is 17.9 Å². The second-order valence-corrected chi connectivity index (χ2v) is 7.96. The lowest BCUT2D eigenvalue weighted by Gasteiger charge is -2.22. The van der Waals surface area contributed by atoms with Crippen molar-refractivity contribution in [3.63, 3.8) is 0 Å². The maximum Gasteiger partial charge on any atom is 0.246 e. The Balaban J connectivity index is 2.41. The molecule has 1 aromatic rings. The predicted octanol–water partition coefficient (Wildman–Crippen LogP) is 1.63. The molecule has 1 heterocycles. The zero-order valence-electron chi connectivity index (χ0n) is 12.2. The molecule has 0 radical (unpaired) electrons. The van der Waals surface area contributed by atoms with E-state index in [2.05, 4.69) is 0 Å². The Kier molecular flexibility index (Phi) is 4.49. The standard InChI is InChI=1S/C13H19ClFN3O2S/c1-8-6-18(7-11(8)17(2)3)21(19,20)12-5-9(16)4-10(14)13(12)15/h4-5,8,11H,6-7,16H2,1-3H3. The fourth-order valence-corrected chi connectivity index (χ4v) is 4.65. The van der Waals surface area contributed by atoms with Gasteiger partial charge in [-0.15, -0.1) is 0 Å². The van der Waals surface area contributed by atoms with Gasteiger partial charge in [-0.3, -0.25) is 0 Å². The topological polar surface area (TPSA) is 66.6 Å². The van der Waals surface area contributed by atoms with Crippen LogP contribution in [0.4, 0.5) is 10.1 Å². The summed E-state index contributed by atoms with van der Waals surface area (Å²) in [6.07, 6.45) is 0. The number of sulfonamides is 1. The normalized spacial score (nSPS) is 23.9. The van der Waals surface area contributed by atoms with E-state index in [0.29, 0.717) is 13.1 Å². The minimum absolute atomic E-state index is 0.0966. The van der Waals surface area contributed by atoms with Crippen molar-refractivity contribution >= 4 is 27.3 Å². The van der Waals surface area contributed by atoms with Crippen LogP contribution in [0.2, 0.25) is 5.02 Å². The van der Waals surface area contributed by atoms with Gasteiger partial charge < -0.3 is 10.6 Å². The van der Waals surface area contributed by atoms with Gasteiger partial charge in [-0.05, 0) is 32.1 Å². The van der Waals surface area contributed by atoms with Gasteiger partial charge in [0.15, 0.2) is 5.82 Å². The molecule has 5 nitrogen and oxygen atoms in total. The Morgan fingerprint density at radius 2 is 2.00 bits per heavy atom. The fourth-order valence-electron chi connectivity index (χ4n) is 2.69. The minimum Gasteiger partial charge on any atom is -0.399 e. The first-order valence-corrected chi connectivity index (χ1v) is 8.37. The summed E-state index contributed by atoms with van der Waals surface area (Å²) in [7, 11) is -0.150. The van der Waals surface area contributed by atoms with Crippen LogP contribution in [0, 0.1) is 11.7 Å². The van der Waals surface area contributed by atoms with Crippen molar-refractivity contribution in [1.29, 1.82) is 0 Å². The molecule has 0 saturated carbocycles. The van der Waals surface area contributed by atoms with Crippen LogP contribution < -0.4 is 5.73 Å². The highest BCUT2D eigenvalue weighted by atomic mass is 35.5. The summed E-state index contributed by atoms with van der Waals surface area (Å²) >= 11 is 5.69. The average Bonchev–Trinajstić information content (AvgIpc) is 2.76. The van der Waals surface area contributed by atoms with E-state index >= 15 is 0 Å². The molecule has 2 N–H and O–H groups in total. The van der Waals surface area contributed by atoms with Crippen LogP contribution in [-0.4, -0.2) is 50.8 Å². The molecular weight excluding hydrogens is 317 g/mol. The zero-order chi connectivity index (χ0) is 15.9. The summed E-state index contributed by atoms with van der Waals surface area (Å²) in [6.45, 7) is 2.64. The maximum absolute atomic E-state index is 14.1. The summed E-state index contributed by atoms with van der Waals surface area (Å²) in [5, 5.41) is -0.287. The fraction of sp³-hybridized carbons (Fsp3) is 0.538. The molecule has 2 rings (SSSR count). The van der Waals surface area contributed by atoms with Crippen LogP contribution in [0.3, 0.4) is 0 Å². The number of hydrogen-bond acceptors (Lipinski definition) is 4. The summed E-state index contributed by atoms with van der Waals surface area (Å²) in [5.41, 5.74) is 5.71. The van der Waals surface area contributed by atoms with Gasteiger partial charge in [-0.2, -0.15) is 4.31 Å². The number of hydrogen-bond donors (Lipinski definition) is 1. The second kappa shape index (κ2) is 5.72. The van der Waals surface area contributed by atoms with E-state index < -0.39 is 20.7 Å². The molecule has 0 aliphatic carbocycles. The molecule has 0 amide bonds. The monoisotopic (exact) mass is 335 g/mol.